The van der Waals surface area contributed by atoms with Gasteiger partial charge in [0.2, 0.25) is 5.91 Å². The van der Waals surface area contributed by atoms with Crippen LogP contribution >= 0.6 is 0 Å². The number of aryl methyl sites for hydroxylation is 1. The third-order valence-corrected chi connectivity index (χ3v) is 5.13. The van der Waals surface area contributed by atoms with Crippen molar-refractivity contribution in [3.8, 4) is 6.07 Å². The molecule has 2 aromatic rings. The molecule has 0 radical (unpaired) electrons. The van der Waals surface area contributed by atoms with Crippen molar-refractivity contribution in [2.75, 3.05) is 42.9 Å². The summed E-state index contributed by atoms with van der Waals surface area (Å²) in [4.78, 5) is 16.3. The van der Waals surface area contributed by atoms with Crippen LogP contribution in [0.15, 0.2) is 24.3 Å². The molecule has 1 aliphatic rings. The van der Waals surface area contributed by atoms with Gasteiger partial charge in [-0.1, -0.05) is 26.0 Å². The topological polar surface area (TPSA) is 85.2 Å². The molecular formula is C21H25FN6O. The zero-order chi connectivity index (χ0) is 20.8. The maximum Gasteiger partial charge on any atom is 0.238 e. The first-order chi connectivity index (χ1) is 14.1. The standard InChI is InChI=1S/C21H25FN6O/c1-3-15-16(13-23)21(26-25-18(15)4-2)28-11-9-27(10-12-28)14-20(29)24-19-8-6-5-7-17(19)22/h5-8H,3-4,9-12,14H2,1-2H3,(H,24,29). The van der Waals surface area contributed by atoms with Crippen molar-refractivity contribution < 1.29 is 9.18 Å². The van der Waals surface area contributed by atoms with Gasteiger partial charge in [-0.15, -0.1) is 5.10 Å². The van der Waals surface area contributed by atoms with Gasteiger partial charge < -0.3 is 10.2 Å². The number of hydrogen-bond donors (Lipinski definition) is 1. The van der Waals surface area contributed by atoms with Crippen molar-refractivity contribution in [2.24, 2.45) is 0 Å². The molecule has 1 amide bonds. The Balaban J connectivity index is 1.62. The lowest BCUT2D eigenvalue weighted by Crippen LogP contribution is -2.49. The minimum atomic E-state index is -0.449. The lowest BCUT2D eigenvalue weighted by atomic mass is 10.0. The molecule has 0 aliphatic carbocycles. The SMILES string of the molecule is CCc1nnc(N2CCN(CC(=O)Nc3ccccc3F)CC2)c(C#N)c1CC. The van der Waals surface area contributed by atoms with Crippen LogP contribution in [-0.4, -0.2) is 53.7 Å². The minimum absolute atomic E-state index is 0.188. The Labute approximate surface area is 170 Å². The smallest absolute Gasteiger partial charge is 0.238 e. The van der Waals surface area contributed by atoms with Crippen molar-refractivity contribution in [3.05, 3.63) is 46.9 Å². The first-order valence-corrected chi connectivity index (χ1v) is 9.87. The summed E-state index contributed by atoms with van der Waals surface area (Å²) in [6, 6.07) is 8.43. The van der Waals surface area contributed by atoms with E-state index in [-0.39, 0.29) is 18.1 Å². The summed E-state index contributed by atoms with van der Waals surface area (Å²) in [6.45, 7) is 6.80. The van der Waals surface area contributed by atoms with E-state index in [9.17, 15) is 14.4 Å². The maximum atomic E-state index is 13.7. The van der Waals surface area contributed by atoms with Crippen molar-refractivity contribution in [3.63, 3.8) is 0 Å². The third-order valence-electron chi connectivity index (χ3n) is 5.13. The summed E-state index contributed by atoms with van der Waals surface area (Å²) in [5.41, 5.74) is 2.63. The molecule has 2 heterocycles. The monoisotopic (exact) mass is 396 g/mol. The maximum absolute atomic E-state index is 13.7. The molecule has 1 aliphatic heterocycles. The second-order valence-corrected chi connectivity index (χ2v) is 6.93. The van der Waals surface area contributed by atoms with E-state index in [1.807, 2.05) is 18.7 Å². The van der Waals surface area contributed by atoms with E-state index in [4.69, 9.17) is 0 Å². The number of nitrogens with one attached hydrogen (secondary N) is 1. The summed E-state index contributed by atoms with van der Waals surface area (Å²) >= 11 is 0. The normalized spacial score (nSPS) is 14.5. The molecule has 1 aromatic heterocycles. The van der Waals surface area contributed by atoms with Crippen LogP contribution in [-0.2, 0) is 17.6 Å². The van der Waals surface area contributed by atoms with Crippen LogP contribution in [0, 0.1) is 17.1 Å². The number of amides is 1. The van der Waals surface area contributed by atoms with Crippen LogP contribution in [0.3, 0.4) is 0 Å². The van der Waals surface area contributed by atoms with E-state index in [0.717, 1.165) is 24.1 Å². The number of rotatable bonds is 6. The Bertz CT molecular complexity index is 918. The molecule has 7 nitrogen and oxygen atoms in total. The number of halogens is 1. The van der Waals surface area contributed by atoms with Gasteiger partial charge in [0, 0.05) is 26.2 Å². The highest BCUT2D eigenvalue weighted by Gasteiger charge is 2.24. The molecule has 1 saturated heterocycles. The van der Waals surface area contributed by atoms with Crippen LogP contribution in [0.2, 0.25) is 0 Å². The number of nitriles is 1. The minimum Gasteiger partial charge on any atom is -0.351 e. The molecule has 0 bridgehead atoms. The number of benzene rings is 1. The number of para-hydroxylation sites is 1. The van der Waals surface area contributed by atoms with Crippen LogP contribution in [0.1, 0.15) is 30.7 Å². The highest BCUT2D eigenvalue weighted by molar-refractivity contribution is 5.92. The van der Waals surface area contributed by atoms with Crippen LogP contribution in [0.25, 0.3) is 0 Å². The first-order valence-electron chi connectivity index (χ1n) is 9.87. The number of aromatic nitrogens is 2. The summed E-state index contributed by atoms with van der Waals surface area (Å²) in [7, 11) is 0. The molecule has 152 valence electrons. The Morgan fingerprint density at radius 3 is 2.52 bits per heavy atom. The van der Waals surface area contributed by atoms with Crippen LogP contribution in [0.5, 0.6) is 0 Å². The highest BCUT2D eigenvalue weighted by atomic mass is 19.1. The van der Waals surface area contributed by atoms with Gasteiger partial charge in [0.25, 0.3) is 0 Å². The third kappa shape index (κ3) is 4.69. The van der Waals surface area contributed by atoms with E-state index in [0.29, 0.717) is 37.6 Å². The highest BCUT2D eigenvalue weighted by Crippen LogP contribution is 2.24. The molecule has 8 heteroatoms. The number of carbonyl (C=O) groups is 1. The summed E-state index contributed by atoms with van der Waals surface area (Å²) in [5, 5.41) is 20.9. The number of carbonyl (C=O) groups excluding carboxylic acids is 1. The zero-order valence-corrected chi connectivity index (χ0v) is 16.8. The van der Waals surface area contributed by atoms with Crippen molar-refractivity contribution >= 4 is 17.4 Å². The largest absolute Gasteiger partial charge is 0.351 e. The average molecular weight is 396 g/mol. The molecule has 29 heavy (non-hydrogen) atoms. The van der Waals surface area contributed by atoms with Gasteiger partial charge >= 0.3 is 0 Å². The second kappa shape index (κ2) is 9.43. The Hall–Kier alpha value is -3.05. The summed E-state index contributed by atoms with van der Waals surface area (Å²) < 4.78 is 13.7. The lowest BCUT2D eigenvalue weighted by Gasteiger charge is -2.35. The van der Waals surface area contributed by atoms with Gasteiger partial charge in [-0.05, 0) is 30.5 Å². The molecule has 1 N–H and O–H groups in total. The fraction of sp³-hybridized carbons (Fsp3) is 0.429. The molecule has 0 unspecified atom stereocenters. The van der Waals surface area contributed by atoms with E-state index >= 15 is 0 Å². The van der Waals surface area contributed by atoms with Crippen molar-refractivity contribution in [2.45, 2.75) is 26.7 Å². The van der Waals surface area contributed by atoms with E-state index in [1.54, 1.807) is 18.2 Å². The fourth-order valence-corrected chi connectivity index (χ4v) is 3.57. The quantitative estimate of drug-likeness (QED) is 0.807. The lowest BCUT2D eigenvalue weighted by molar-refractivity contribution is -0.117. The van der Waals surface area contributed by atoms with Gasteiger partial charge in [-0.3, -0.25) is 9.69 Å². The van der Waals surface area contributed by atoms with Gasteiger partial charge in [-0.2, -0.15) is 10.4 Å². The molecule has 0 saturated carbocycles. The second-order valence-electron chi connectivity index (χ2n) is 6.93. The molecule has 1 fully saturated rings. The van der Waals surface area contributed by atoms with E-state index in [2.05, 4.69) is 26.5 Å². The first kappa shape index (κ1) is 20.7. The Morgan fingerprint density at radius 2 is 1.90 bits per heavy atom. The van der Waals surface area contributed by atoms with Crippen LogP contribution < -0.4 is 10.2 Å². The molecule has 0 spiro atoms. The van der Waals surface area contributed by atoms with E-state index < -0.39 is 5.82 Å². The van der Waals surface area contributed by atoms with Gasteiger partial charge in [-0.25, -0.2) is 4.39 Å². The van der Waals surface area contributed by atoms with Crippen molar-refractivity contribution in [1.29, 1.82) is 5.26 Å². The number of hydrogen-bond acceptors (Lipinski definition) is 6. The fourth-order valence-electron chi connectivity index (χ4n) is 3.57. The van der Waals surface area contributed by atoms with E-state index in [1.165, 1.54) is 6.07 Å². The number of piperazine rings is 1. The van der Waals surface area contributed by atoms with Gasteiger partial charge in [0.05, 0.1) is 17.9 Å². The van der Waals surface area contributed by atoms with Crippen molar-refractivity contribution in [1.82, 2.24) is 15.1 Å². The predicted octanol–water partition coefficient (Wildman–Crippen LogP) is 2.37. The van der Waals surface area contributed by atoms with Gasteiger partial charge in [0.1, 0.15) is 17.4 Å². The predicted molar refractivity (Wildman–Crippen MR) is 109 cm³/mol. The van der Waals surface area contributed by atoms with Crippen LogP contribution in [0.4, 0.5) is 15.9 Å². The molecule has 1 aromatic carbocycles. The zero-order valence-electron chi connectivity index (χ0n) is 16.8. The van der Waals surface area contributed by atoms with Gasteiger partial charge in [0.15, 0.2) is 5.82 Å². The molecule has 0 atom stereocenters. The summed E-state index contributed by atoms with van der Waals surface area (Å²) in [6.07, 6.45) is 1.49. The Morgan fingerprint density at radius 1 is 1.17 bits per heavy atom. The molecule has 3 rings (SSSR count). The number of nitrogens with zero attached hydrogens (tertiary/aromatic N) is 5. The number of anilines is 2. The average Bonchev–Trinajstić information content (AvgIpc) is 2.74. The molecular weight excluding hydrogens is 371 g/mol. The Kier molecular flexibility index (Phi) is 6.73. The summed E-state index contributed by atoms with van der Waals surface area (Å²) in [5.74, 6) is -0.0748.